The van der Waals surface area contributed by atoms with Gasteiger partial charge in [-0.15, -0.1) is 0 Å². The Hall–Kier alpha value is -0.980. The highest BCUT2D eigenvalue weighted by Gasteiger charge is 2.31. The molecule has 0 aliphatic heterocycles. The highest BCUT2D eigenvalue weighted by molar-refractivity contribution is 7.89. The molecule has 0 bridgehead atoms. The summed E-state index contributed by atoms with van der Waals surface area (Å²) in [5, 5.41) is 8.33. The van der Waals surface area contributed by atoms with Gasteiger partial charge in [0.2, 0.25) is 10.0 Å². The standard InChI is InChI=1S/C13H19FN2O2S/c1-2-16-13(9-3-4-9)7-10-5-6-11(8-12(10)14)19(15,17)18/h5-6,8-9,13,16H,2-4,7H2,1H3,(H2,15,17,18). The Morgan fingerprint density at radius 3 is 2.63 bits per heavy atom. The minimum Gasteiger partial charge on any atom is -0.314 e. The number of likely N-dealkylation sites (N-methyl/N-ethyl adjacent to an activating group) is 1. The number of nitrogens with two attached hydrogens (primary N) is 1. The van der Waals surface area contributed by atoms with Crippen molar-refractivity contribution >= 4 is 10.0 Å². The molecule has 6 heteroatoms. The first-order chi connectivity index (χ1) is 8.91. The summed E-state index contributed by atoms with van der Waals surface area (Å²) in [7, 11) is -3.84. The number of rotatable bonds is 6. The van der Waals surface area contributed by atoms with Crippen molar-refractivity contribution in [2.24, 2.45) is 11.1 Å². The van der Waals surface area contributed by atoms with Crippen LogP contribution in [0.3, 0.4) is 0 Å². The van der Waals surface area contributed by atoms with Gasteiger partial charge in [-0.1, -0.05) is 13.0 Å². The second-order valence-corrected chi connectivity index (χ2v) is 6.57. The third kappa shape index (κ3) is 3.75. The van der Waals surface area contributed by atoms with Crippen molar-refractivity contribution in [2.45, 2.75) is 37.1 Å². The predicted molar refractivity (Wildman–Crippen MR) is 71.7 cm³/mol. The van der Waals surface area contributed by atoms with Crippen LogP contribution in [0.4, 0.5) is 4.39 Å². The van der Waals surface area contributed by atoms with Gasteiger partial charge in [-0.25, -0.2) is 17.9 Å². The van der Waals surface area contributed by atoms with E-state index >= 15 is 0 Å². The molecule has 19 heavy (non-hydrogen) atoms. The third-order valence-electron chi connectivity index (χ3n) is 3.45. The summed E-state index contributed by atoms with van der Waals surface area (Å²) < 4.78 is 36.2. The molecular weight excluding hydrogens is 267 g/mol. The molecule has 0 aromatic heterocycles. The fraction of sp³-hybridized carbons (Fsp3) is 0.538. The minimum atomic E-state index is -3.84. The quantitative estimate of drug-likeness (QED) is 0.830. The molecule has 1 aromatic carbocycles. The Labute approximate surface area is 113 Å². The summed E-state index contributed by atoms with van der Waals surface area (Å²) in [6.45, 7) is 2.87. The van der Waals surface area contributed by atoms with Crippen LogP contribution in [0.2, 0.25) is 0 Å². The van der Waals surface area contributed by atoms with Crippen molar-refractivity contribution in [3.63, 3.8) is 0 Å². The molecule has 1 saturated carbocycles. The van der Waals surface area contributed by atoms with Crippen LogP contribution in [0.5, 0.6) is 0 Å². The summed E-state index contributed by atoms with van der Waals surface area (Å²) in [5.41, 5.74) is 0.533. The van der Waals surface area contributed by atoms with Gasteiger partial charge in [0.15, 0.2) is 0 Å². The van der Waals surface area contributed by atoms with Crippen LogP contribution >= 0.6 is 0 Å². The second-order valence-electron chi connectivity index (χ2n) is 5.00. The van der Waals surface area contributed by atoms with E-state index in [1.54, 1.807) is 0 Å². The number of benzene rings is 1. The molecule has 0 amide bonds. The lowest BCUT2D eigenvalue weighted by Gasteiger charge is -2.17. The van der Waals surface area contributed by atoms with Crippen LogP contribution in [0.15, 0.2) is 23.1 Å². The van der Waals surface area contributed by atoms with Gasteiger partial charge >= 0.3 is 0 Å². The minimum absolute atomic E-state index is 0.180. The van der Waals surface area contributed by atoms with Crippen LogP contribution in [0.1, 0.15) is 25.3 Å². The van der Waals surface area contributed by atoms with Gasteiger partial charge in [-0.2, -0.15) is 0 Å². The molecule has 3 N–H and O–H groups in total. The molecule has 4 nitrogen and oxygen atoms in total. The molecule has 2 rings (SSSR count). The van der Waals surface area contributed by atoms with E-state index in [-0.39, 0.29) is 10.9 Å². The Kier molecular flexibility index (Phi) is 4.23. The molecule has 0 spiro atoms. The van der Waals surface area contributed by atoms with Gasteiger partial charge in [-0.05, 0) is 49.4 Å². The average Bonchev–Trinajstić information content (AvgIpc) is 3.13. The van der Waals surface area contributed by atoms with Gasteiger partial charge in [0, 0.05) is 6.04 Å². The maximum absolute atomic E-state index is 13.9. The Morgan fingerprint density at radius 2 is 2.16 bits per heavy atom. The SMILES string of the molecule is CCNC(Cc1ccc(S(N)(=O)=O)cc1F)C1CC1. The normalized spacial score (nSPS) is 17.4. The van der Waals surface area contributed by atoms with Crippen LogP contribution in [-0.2, 0) is 16.4 Å². The molecule has 1 aliphatic carbocycles. The summed E-state index contributed by atoms with van der Waals surface area (Å²) in [6.07, 6.45) is 2.93. The molecule has 106 valence electrons. The van der Waals surface area contributed by atoms with Crippen molar-refractivity contribution in [1.82, 2.24) is 5.32 Å². The fourth-order valence-corrected chi connectivity index (χ4v) is 2.80. The smallest absolute Gasteiger partial charge is 0.238 e. The first-order valence-corrected chi connectivity index (χ1v) is 8.01. The summed E-state index contributed by atoms with van der Waals surface area (Å²) >= 11 is 0. The lowest BCUT2D eigenvalue weighted by atomic mass is 10.0. The van der Waals surface area contributed by atoms with Crippen molar-refractivity contribution in [3.05, 3.63) is 29.6 Å². The second kappa shape index (κ2) is 5.56. The van der Waals surface area contributed by atoms with Crippen molar-refractivity contribution in [1.29, 1.82) is 0 Å². The zero-order chi connectivity index (χ0) is 14.0. The molecule has 1 unspecified atom stereocenters. The van der Waals surface area contributed by atoms with E-state index < -0.39 is 15.8 Å². The zero-order valence-electron chi connectivity index (χ0n) is 10.9. The van der Waals surface area contributed by atoms with Gasteiger partial charge < -0.3 is 5.32 Å². The lowest BCUT2D eigenvalue weighted by molar-refractivity contribution is 0.462. The number of hydrogen-bond acceptors (Lipinski definition) is 3. The Bertz CT molecular complexity index is 556. The van der Waals surface area contributed by atoms with E-state index in [1.165, 1.54) is 25.0 Å². The first-order valence-electron chi connectivity index (χ1n) is 6.46. The van der Waals surface area contributed by atoms with Crippen molar-refractivity contribution in [3.8, 4) is 0 Å². The van der Waals surface area contributed by atoms with Crippen LogP contribution in [0, 0.1) is 11.7 Å². The van der Waals surface area contributed by atoms with Gasteiger partial charge in [0.1, 0.15) is 5.82 Å². The van der Waals surface area contributed by atoms with E-state index in [2.05, 4.69) is 5.32 Å². The summed E-state index contributed by atoms with van der Waals surface area (Å²) in [4.78, 5) is -0.180. The van der Waals surface area contributed by atoms with Crippen LogP contribution < -0.4 is 10.5 Å². The molecule has 0 saturated heterocycles. The highest BCUT2D eigenvalue weighted by Crippen LogP contribution is 2.34. The highest BCUT2D eigenvalue weighted by atomic mass is 32.2. The van der Waals surface area contributed by atoms with Crippen molar-refractivity contribution in [2.75, 3.05) is 6.54 Å². The van der Waals surface area contributed by atoms with E-state index in [1.807, 2.05) is 6.92 Å². The van der Waals surface area contributed by atoms with Gasteiger partial charge in [0.25, 0.3) is 0 Å². The maximum Gasteiger partial charge on any atom is 0.238 e. The third-order valence-corrected chi connectivity index (χ3v) is 4.36. The Morgan fingerprint density at radius 1 is 1.47 bits per heavy atom. The first kappa shape index (κ1) is 14.4. The number of sulfonamides is 1. The zero-order valence-corrected chi connectivity index (χ0v) is 11.7. The largest absolute Gasteiger partial charge is 0.314 e. The average molecular weight is 286 g/mol. The lowest BCUT2D eigenvalue weighted by Crippen LogP contribution is -2.33. The van der Waals surface area contributed by atoms with Gasteiger partial charge in [-0.3, -0.25) is 0 Å². The van der Waals surface area contributed by atoms with E-state index in [9.17, 15) is 12.8 Å². The van der Waals surface area contributed by atoms with E-state index in [4.69, 9.17) is 5.14 Å². The Balaban J connectivity index is 2.16. The summed E-state index contributed by atoms with van der Waals surface area (Å²) in [6, 6.07) is 4.14. The van der Waals surface area contributed by atoms with Gasteiger partial charge in [0.05, 0.1) is 4.90 Å². The van der Waals surface area contributed by atoms with E-state index in [0.29, 0.717) is 17.9 Å². The molecule has 1 atom stereocenters. The molecule has 0 radical (unpaired) electrons. The molecule has 1 fully saturated rings. The monoisotopic (exact) mass is 286 g/mol. The van der Waals surface area contributed by atoms with Crippen LogP contribution in [-0.4, -0.2) is 21.0 Å². The number of primary sulfonamides is 1. The number of halogens is 1. The predicted octanol–water partition coefficient (Wildman–Crippen LogP) is 1.40. The van der Waals surface area contributed by atoms with E-state index in [0.717, 1.165) is 12.6 Å². The molecule has 1 aliphatic rings. The van der Waals surface area contributed by atoms with Crippen molar-refractivity contribution < 1.29 is 12.8 Å². The molecular formula is C13H19FN2O2S. The molecule has 1 aromatic rings. The number of nitrogens with one attached hydrogen (secondary N) is 1. The maximum atomic E-state index is 13.9. The topological polar surface area (TPSA) is 72.2 Å². The van der Waals surface area contributed by atoms with Crippen LogP contribution in [0.25, 0.3) is 0 Å². The molecule has 0 heterocycles. The fourth-order valence-electron chi connectivity index (χ4n) is 2.27. The number of hydrogen-bond donors (Lipinski definition) is 2. The summed E-state index contributed by atoms with van der Waals surface area (Å²) in [5.74, 6) is 0.104.